The number of aliphatic hydroxyl groups is 1. The van der Waals surface area contributed by atoms with Crippen LogP contribution in [0, 0.1) is 13.8 Å². The van der Waals surface area contributed by atoms with Gasteiger partial charge in [-0.1, -0.05) is 54.1 Å². The molecule has 0 aromatic heterocycles. The van der Waals surface area contributed by atoms with Crippen molar-refractivity contribution in [2.75, 3.05) is 0 Å². The molecule has 0 radical (unpaired) electrons. The molecule has 1 N–H and O–H groups in total. The highest BCUT2D eigenvalue weighted by molar-refractivity contribution is 5.69. The van der Waals surface area contributed by atoms with Gasteiger partial charge in [-0.3, -0.25) is 0 Å². The van der Waals surface area contributed by atoms with Gasteiger partial charge in [-0.25, -0.2) is 4.79 Å². The van der Waals surface area contributed by atoms with Crippen LogP contribution in [0.3, 0.4) is 0 Å². The average Bonchev–Trinajstić information content (AvgIpc) is 2.95. The molecule has 0 spiro atoms. The number of fused-ring (bicyclic) bond motifs is 2. The van der Waals surface area contributed by atoms with Crippen LogP contribution in [-0.4, -0.2) is 28.2 Å². The molecule has 0 aliphatic carbocycles. The predicted molar refractivity (Wildman–Crippen MR) is 104 cm³/mol. The maximum absolute atomic E-state index is 12.7. The molecule has 2 unspecified atom stereocenters. The monoisotopic (exact) mass is 365 g/mol. The van der Waals surface area contributed by atoms with E-state index in [-0.39, 0.29) is 24.8 Å². The minimum absolute atomic E-state index is 0.0388. The maximum Gasteiger partial charge on any atom is 0.410 e. The van der Waals surface area contributed by atoms with Crippen LogP contribution in [0.15, 0.2) is 48.5 Å². The smallest absolute Gasteiger partial charge is 0.410 e. The van der Waals surface area contributed by atoms with Crippen molar-refractivity contribution >= 4 is 6.09 Å². The Morgan fingerprint density at radius 3 is 2.44 bits per heavy atom. The summed E-state index contributed by atoms with van der Waals surface area (Å²) in [6.45, 7) is 4.39. The SMILES string of the molecule is Cc1ccc(C)c(C2(O)CC3CCC(C2)N3C(=O)OCc2ccccc2)c1. The van der Waals surface area contributed by atoms with Crippen LogP contribution in [0.1, 0.15) is 47.9 Å². The molecule has 4 nitrogen and oxygen atoms in total. The summed E-state index contributed by atoms with van der Waals surface area (Å²) in [5.41, 5.74) is 3.40. The van der Waals surface area contributed by atoms with E-state index in [1.807, 2.05) is 35.2 Å². The van der Waals surface area contributed by atoms with Crippen LogP contribution in [0.2, 0.25) is 0 Å². The zero-order valence-electron chi connectivity index (χ0n) is 16.0. The first-order chi connectivity index (χ1) is 13.0. The standard InChI is InChI=1S/C23H27NO3/c1-16-8-9-17(2)21(12-16)23(26)13-19-10-11-20(14-23)24(19)22(25)27-15-18-6-4-3-5-7-18/h3-9,12,19-20,26H,10-11,13-15H2,1-2H3. The second-order valence-corrected chi connectivity index (χ2v) is 8.09. The van der Waals surface area contributed by atoms with E-state index in [1.165, 1.54) is 0 Å². The lowest BCUT2D eigenvalue weighted by Gasteiger charge is -2.44. The quantitative estimate of drug-likeness (QED) is 0.874. The van der Waals surface area contributed by atoms with Crippen LogP contribution in [0.25, 0.3) is 0 Å². The van der Waals surface area contributed by atoms with Crippen molar-refractivity contribution in [3.63, 3.8) is 0 Å². The van der Waals surface area contributed by atoms with Gasteiger partial charge >= 0.3 is 6.09 Å². The molecule has 0 saturated carbocycles. The third-order valence-electron chi connectivity index (χ3n) is 6.08. The van der Waals surface area contributed by atoms with Crippen molar-refractivity contribution in [3.05, 3.63) is 70.8 Å². The van der Waals surface area contributed by atoms with Crippen molar-refractivity contribution in [3.8, 4) is 0 Å². The van der Waals surface area contributed by atoms with E-state index in [0.717, 1.165) is 35.1 Å². The van der Waals surface area contributed by atoms with Gasteiger partial charge in [0.1, 0.15) is 6.61 Å². The number of carbonyl (C=O) groups is 1. The van der Waals surface area contributed by atoms with Crippen molar-refractivity contribution in [2.24, 2.45) is 0 Å². The van der Waals surface area contributed by atoms with Gasteiger partial charge in [0.05, 0.1) is 5.60 Å². The second kappa shape index (κ2) is 7.01. The largest absolute Gasteiger partial charge is 0.445 e. The van der Waals surface area contributed by atoms with Gasteiger partial charge in [-0.15, -0.1) is 0 Å². The van der Waals surface area contributed by atoms with Crippen LogP contribution in [0.5, 0.6) is 0 Å². The molecule has 2 atom stereocenters. The summed E-state index contributed by atoms with van der Waals surface area (Å²) in [6.07, 6.45) is 2.76. The zero-order valence-corrected chi connectivity index (χ0v) is 16.0. The van der Waals surface area contributed by atoms with Gasteiger partial charge in [0, 0.05) is 24.9 Å². The Hall–Kier alpha value is -2.33. The molecule has 4 heteroatoms. The maximum atomic E-state index is 12.7. The zero-order chi connectivity index (χ0) is 19.0. The van der Waals surface area contributed by atoms with E-state index < -0.39 is 5.60 Å². The summed E-state index contributed by atoms with van der Waals surface area (Å²) < 4.78 is 5.57. The van der Waals surface area contributed by atoms with Gasteiger partial charge in [0.15, 0.2) is 0 Å². The third kappa shape index (κ3) is 3.46. The molecule has 2 aromatic rings. The van der Waals surface area contributed by atoms with Crippen molar-refractivity contribution in [1.29, 1.82) is 0 Å². The first kappa shape index (κ1) is 18.1. The van der Waals surface area contributed by atoms with Gasteiger partial charge in [0.25, 0.3) is 0 Å². The second-order valence-electron chi connectivity index (χ2n) is 8.09. The average molecular weight is 365 g/mol. The third-order valence-corrected chi connectivity index (χ3v) is 6.08. The van der Waals surface area contributed by atoms with Gasteiger partial charge in [-0.2, -0.15) is 0 Å². The molecule has 27 heavy (non-hydrogen) atoms. The molecule has 2 aliphatic rings. The molecule has 2 bridgehead atoms. The number of aryl methyl sites for hydroxylation is 2. The number of nitrogens with zero attached hydrogens (tertiary/aromatic N) is 1. The fraction of sp³-hybridized carbons (Fsp3) is 0.435. The molecule has 2 saturated heterocycles. The highest BCUT2D eigenvalue weighted by atomic mass is 16.6. The van der Waals surface area contributed by atoms with Crippen LogP contribution in [0.4, 0.5) is 4.79 Å². The Morgan fingerprint density at radius 1 is 1.11 bits per heavy atom. The number of carbonyl (C=O) groups excluding carboxylic acids is 1. The summed E-state index contributed by atoms with van der Waals surface area (Å²) in [5.74, 6) is 0. The van der Waals surface area contributed by atoms with E-state index in [0.29, 0.717) is 12.8 Å². The molecule has 2 fully saturated rings. The van der Waals surface area contributed by atoms with E-state index >= 15 is 0 Å². The topological polar surface area (TPSA) is 49.8 Å². The Labute approximate surface area is 160 Å². The molecule has 2 heterocycles. The van der Waals surface area contributed by atoms with Crippen LogP contribution in [-0.2, 0) is 16.9 Å². The molecular weight excluding hydrogens is 338 g/mol. The van der Waals surface area contributed by atoms with Gasteiger partial charge in [0.2, 0.25) is 0 Å². The van der Waals surface area contributed by atoms with E-state index in [2.05, 4.69) is 32.0 Å². The van der Waals surface area contributed by atoms with Crippen molar-refractivity contribution < 1.29 is 14.6 Å². The predicted octanol–water partition coefficient (Wildman–Crippen LogP) is 4.45. The van der Waals surface area contributed by atoms with Crippen molar-refractivity contribution in [1.82, 2.24) is 4.90 Å². The normalized spacial score (nSPS) is 26.9. The summed E-state index contributed by atoms with van der Waals surface area (Å²) in [7, 11) is 0. The summed E-state index contributed by atoms with van der Waals surface area (Å²) in [6, 6.07) is 16.1. The highest BCUT2D eigenvalue weighted by Crippen LogP contribution is 2.46. The highest BCUT2D eigenvalue weighted by Gasteiger charge is 2.51. The van der Waals surface area contributed by atoms with Gasteiger partial charge < -0.3 is 14.7 Å². The first-order valence-corrected chi connectivity index (χ1v) is 9.75. The lowest BCUT2D eigenvalue weighted by molar-refractivity contribution is -0.0540. The number of piperidine rings is 1. The Morgan fingerprint density at radius 2 is 1.78 bits per heavy atom. The Balaban J connectivity index is 1.48. The fourth-order valence-electron chi connectivity index (χ4n) is 4.77. The molecule has 2 aromatic carbocycles. The summed E-state index contributed by atoms with van der Waals surface area (Å²) in [4.78, 5) is 14.6. The number of benzene rings is 2. The number of hydrogen-bond acceptors (Lipinski definition) is 3. The Bertz CT molecular complexity index is 819. The van der Waals surface area contributed by atoms with E-state index in [9.17, 15) is 9.90 Å². The molecule has 1 amide bonds. The van der Waals surface area contributed by atoms with Crippen LogP contribution < -0.4 is 0 Å². The van der Waals surface area contributed by atoms with Crippen LogP contribution >= 0.6 is 0 Å². The minimum Gasteiger partial charge on any atom is -0.445 e. The number of amides is 1. The van der Waals surface area contributed by atoms with E-state index in [4.69, 9.17) is 4.74 Å². The van der Waals surface area contributed by atoms with E-state index in [1.54, 1.807) is 0 Å². The number of hydrogen-bond donors (Lipinski definition) is 1. The lowest BCUT2D eigenvalue weighted by atomic mass is 9.78. The molecule has 4 rings (SSSR count). The summed E-state index contributed by atoms with van der Waals surface area (Å²) >= 11 is 0. The number of rotatable bonds is 3. The molecule has 142 valence electrons. The molecular formula is C23H27NO3. The lowest BCUT2D eigenvalue weighted by Crippen LogP contribution is -2.52. The van der Waals surface area contributed by atoms with Gasteiger partial charge in [-0.05, 0) is 43.4 Å². The van der Waals surface area contributed by atoms with Crippen molar-refractivity contribution in [2.45, 2.75) is 63.8 Å². The number of ether oxygens (including phenoxy) is 1. The summed E-state index contributed by atoms with van der Waals surface area (Å²) in [5, 5.41) is 11.5. The molecule has 2 aliphatic heterocycles. The minimum atomic E-state index is -0.863. The fourth-order valence-corrected chi connectivity index (χ4v) is 4.77. The Kier molecular flexibility index (Phi) is 4.68. The first-order valence-electron chi connectivity index (χ1n) is 9.75.